The van der Waals surface area contributed by atoms with Crippen LogP contribution < -0.4 is 4.90 Å². The first kappa shape index (κ1) is 14.9. The molecule has 0 unspecified atom stereocenters. The lowest BCUT2D eigenvalue weighted by Gasteiger charge is -2.39. The summed E-state index contributed by atoms with van der Waals surface area (Å²) >= 11 is 3.42. The highest BCUT2D eigenvalue weighted by Gasteiger charge is 2.40. The molecule has 4 nitrogen and oxygen atoms in total. The van der Waals surface area contributed by atoms with Crippen LogP contribution in [0, 0.1) is 16.7 Å². The van der Waals surface area contributed by atoms with Gasteiger partial charge in [0.15, 0.2) is 0 Å². The molecule has 0 amide bonds. The number of nitriles is 1. The molecule has 1 heterocycles. The Balaban J connectivity index is 2.21. The molecule has 5 heteroatoms. The Hall–Kier alpha value is -1.54. The number of carbonyl (C=O) groups is 1. The summed E-state index contributed by atoms with van der Waals surface area (Å²) in [6, 6.07) is 7.76. The van der Waals surface area contributed by atoms with Crippen LogP contribution in [0.5, 0.6) is 0 Å². The number of hydrogen-bond acceptors (Lipinski definition) is 3. The summed E-state index contributed by atoms with van der Waals surface area (Å²) in [7, 11) is 0. The van der Waals surface area contributed by atoms with Crippen LogP contribution in [0.25, 0.3) is 0 Å². The number of nitrogens with zero attached hydrogens (tertiary/aromatic N) is 2. The lowest BCUT2D eigenvalue weighted by molar-refractivity contribution is -0.150. The molecule has 1 aliphatic heterocycles. The lowest BCUT2D eigenvalue weighted by Crippen LogP contribution is -2.44. The van der Waals surface area contributed by atoms with Crippen molar-refractivity contribution in [2.24, 2.45) is 5.41 Å². The van der Waals surface area contributed by atoms with Crippen LogP contribution in [0.1, 0.15) is 31.7 Å². The van der Waals surface area contributed by atoms with E-state index in [1.54, 1.807) is 6.07 Å². The van der Waals surface area contributed by atoms with Crippen molar-refractivity contribution in [1.29, 1.82) is 5.26 Å². The first-order valence-corrected chi connectivity index (χ1v) is 7.50. The van der Waals surface area contributed by atoms with Gasteiger partial charge in [-0.2, -0.15) is 5.26 Å². The summed E-state index contributed by atoms with van der Waals surface area (Å²) in [6.07, 6.45) is 1.90. The molecule has 0 aliphatic carbocycles. The number of benzene rings is 1. The highest BCUT2D eigenvalue weighted by atomic mass is 79.9. The number of piperidine rings is 1. The van der Waals surface area contributed by atoms with E-state index in [0.29, 0.717) is 37.9 Å². The van der Waals surface area contributed by atoms with E-state index in [0.717, 1.165) is 10.2 Å². The number of anilines is 1. The van der Waals surface area contributed by atoms with Crippen molar-refractivity contribution in [2.75, 3.05) is 18.0 Å². The highest BCUT2D eigenvalue weighted by Crippen LogP contribution is 2.37. The third-order valence-corrected chi connectivity index (χ3v) is 4.77. The molecule has 0 saturated carbocycles. The van der Waals surface area contributed by atoms with Crippen molar-refractivity contribution >= 4 is 27.6 Å². The quantitative estimate of drug-likeness (QED) is 0.918. The molecule has 1 fully saturated rings. The van der Waals surface area contributed by atoms with Gasteiger partial charge in [-0.05, 0) is 37.5 Å². The van der Waals surface area contributed by atoms with Crippen molar-refractivity contribution in [2.45, 2.75) is 26.2 Å². The van der Waals surface area contributed by atoms with E-state index in [2.05, 4.69) is 26.9 Å². The number of aliphatic carboxylic acids is 1. The van der Waals surface area contributed by atoms with Crippen LogP contribution in [0.15, 0.2) is 22.7 Å². The molecule has 1 aliphatic rings. The second kappa shape index (κ2) is 5.84. The SMILES string of the molecule is CCC1(C(=O)O)CCN(c2cc(Br)ccc2C#N)CC1. The first-order valence-electron chi connectivity index (χ1n) is 6.70. The van der Waals surface area contributed by atoms with Crippen LogP contribution in [-0.2, 0) is 4.79 Å². The standard InChI is InChI=1S/C15H17BrN2O2/c1-2-15(14(19)20)5-7-18(8-6-15)13-9-12(16)4-3-11(13)10-17/h3-4,9H,2,5-8H2,1H3,(H,19,20). The van der Waals surface area contributed by atoms with Gasteiger partial charge in [0.05, 0.1) is 16.7 Å². The topological polar surface area (TPSA) is 64.3 Å². The van der Waals surface area contributed by atoms with Gasteiger partial charge in [0.2, 0.25) is 0 Å². The van der Waals surface area contributed by atoms with Gasteiger partial charge in [0.1, 0.15) is 6.07 Å². The highest BCUT2D eigenvalue weighted by molar-refractivity contribution is 9.10. The van der Waals surface area contributed by atoms with Crippen molar-refractivity contribution < 1.29 is 9.90 Å². The summed E-state index contributed by atoms with van der Waals surface area (Å²) < 4.78 is 0.928. The van der Waals surface area contributed by atoms with Crippen LogP contribution in [0.4, 0.5) is 5.69 Å². The van der Waals surface area contributed by atoms with Gasteiger partial charge in [-0.25, -0.2) is 0 Å². The fraction of sp³-hybridized carbons (Fsp3) is 0.467. The van der Waals surface area contributed by atoms with E-state index in [1.165, 1.54) is 0 Å². The van der Waals surface area contributed by atoms with E-state index < -0.39 is 11.4 Å². The average Bonchev–Trinajstić information content (AvgIpc) is 2.47. The van der Waals surface area contributed by atoms with Crippen molar-refractivity contribution in [3.05, 3.63) is 28.2 Å². The van der Waals surface area contributed by atoms with Crippen LogP contribution >= 0.6 is 15.9 Å². The molecule has 0 spiro atoms. The minimum Gasteiger partial charge on any atom is -0.481 e. The summed E-state index contributed by atoms with van der Waals surface area (Å²) in [6.45, 7) is 3.28. The summed E-state index contributed by atoms with van der Waals surface area (Å²) in [4.78, 5) is 13.6. The number of rotatable bonds is 3. The molecule has 1 aromatic rings. The van der Waals surface area contributed by atoms with E-state index in [1.807, 2.05) is 19.1 Å². The molecule has 0 atom stereocenters. The molecule has 0 aromatic heterocycles. The molecule has 20 heavy (non-hydrogen) atoms. The van der Waals surface area contributed by atoms with E-state index >= 15 is 0 Å². The van der Waals surface area contributed by atoms with Crippen molar-refractivity contribution in [3.8, 4) is 6.07 Å². The maximum Gasteiger partial charge on any atom is 0.309 e. The zero-order valence-electron chi connectivity index (χ0n) is 11.4. The van der Waals surface area contributed by atoms with Gasteiger partial charge >= 0.3 is 5.97 Å². The van der Waals surface area contributed by atoms with Gasteiger partial charge in [-0.1, -0.05) is 22.9 Å². The Morgan fingerprint density at radius 1 is 1.50 bits per heavy atom. The van der Waals surface area contributed by atoms with Crippen LogP contribution in [0.3, 0.4) is 0 Å². The predicted octanol–water partition coefficient (Wildman–Crippen LogP) is 3.40. The number of carboxylic acid groups (broad SMARTS) is 1. The van der Waals surface area contributed by atoms with Gasteiger partial charge < -0.3 is 10.0 Å². The van der Waals surface area contributed by atoms with Crippen LogP contribution in [0.2, 0.25) is 0 Å². The zero-order chi connectivity index (χ0) is 14.8. The Morgan fingerprint density at radius 2 is 2.15 bits per heavy atom. The van der Waals surface area contributed by atoms with E-state index in [9.17, 15) is 15.2 Å². The smallest absolute Gasteiger partial charge is 0.309 e. The number of hydrogen-bond donors (Lipinski definition) is 1. The molecule has 1 saturated heterocycles. The second-order valence-corrected chi connectivity index (χ2v) is 6.12. The summed E-state index contributed by atoms with van der Waals surface area (Å²) in [5.41, 5.74) is 0.916. The fourth-order valence-corrected chi connectivity index (χ4v) is 3.10. The average molecular weight is 337 g/mol. The third-order valence-electron chi connectivity index (χ3n) is 4.27. The van der Waals surface area contributed by atoms with Gasteiger partial charge in [0, 0.05) is 17.6 Å². The molecule has 1 N–H and O–H groups in total. The monoisotopic (exact) mass is 336 g/mol. The largest absolute Gasteiger partial charge is 0.481 e. The molecular weight excluding hydrogens is 320 g/mol. The van der Waals surface area contributed by atoms with Gasteiger partial charge in [-0.3, -0.25) is 4.79 Å². The maximum atomic E-state index is 11.4. The normalized spacial score (nSPS) is 17.6. The Labute approximate surface area is 127 Å². The van der Waals surface area contributed by atoms with E-state index in [-0.39, 0.29) is 0 Å². The first-order chi connectivity index (χ1) is 9.52. The molecule has 0 radical (unpaired) electrons. The Kier molecular flexibility index (Phi) is 4.34. The summed E-state index contributed by atoms with van der Waals surface area (Å²) in [5.74, 6) is -0.700. The van der Waals surface area contributed by atoms with Gasteiger partial charge in [0.25, 0.3) is 0 Å². The number of halogens is 1. The van der Waals surface area contributed by atoms with Crippen molar-refractivity contribution in [1.82, 2.24) is 0 Å². The number of carboxylic acids is 1. The van der Waals surface area contributed by atoms with E-state index in [4.69, 9.17) is 0 Å². The minimum absolute atomic E-state index is 0.602. The molecular formula is C15H17BrN2O2. The Bertz CT molecular complexity index is 557. The fourth-order valence-electron chi connectivity index (χ4n) is 2.76. The molecule has 1 aromatic carbocycles. The molecule has 0 bridgehead atoms. The molecule has 106 valence electrons. The lowest BCUT2D eigenvalue weighted by atomic mass is 9.76. The zero-order valence-corrected chi connectivity index (χ0v) is 13.0. The second-order valence-electron chi connectivity index (χ2n) is 5.20. The summed E-state index contributed by atoms with van der Waals surface area (Å²) in [5, 5.41) is 18.6. The van der Waals surface area contributed by atoms with Crippen LogP contribution in [-0.4, -0.2) is 24.2 Å². The van der Waals surface area contributed by atoms with Gasteiger partial charge in [-0.15, -0.1) is 0 Å². The predicted molar refractivity (Wildman–Crippen MR) is 80.7 cm³/mol. The molecule has 2 rings (SSSR count). The minimum atomic E-state index is -0.700. The maximum absolute atomic E-state index is 11.4. The van der Waals surface area contributed by atoms with Crippen molar-refractivity contribution in [3.63, 3.8) is 0 Å². The third kappa shape index (κ3) is 2.66. The Morgan fingerprint density at radius 3 is 2.65 bits per heavy atom.